The number of phosphoric acid groups is 2. The van der Waals surface area contributed by atoms with Crippen LogP contribution in [0.25, 0.3) is 0 Å². The quantitative estimate of drug-likeness (QED) is 0.0146. The molecule has 0 aromatic rings. The van der Waals surface area contributed by atoms with E-state index in [-0.39, 0.29) is 19.3 Å². The molecule has 0 rings (SSSR count). The van der Waals surface area contributed by atoms with Gasteiger partial charge in [0.25, 0.3) is 0 Å². The van der Waals surface area contributed by atoms with Crippen molar-refractivity contribution in [1.82, 2.24) is 0 Å². The Morgan fingerprint density at radius 1 is 0.257 bits per heavy atom. The van der Waals surface area contributed by atoms with Gasteiger partial charge in [0.2, 0.25) is 0 Å². The van der Waals surface area contributed by atoms with E-state index in [1.807, 2.05) is 0 Å². The molecular formula is C95H164O16P2. The lowest BCUT2D eigenvalue weighted by atomic mass is 10.0. The summed E-state index contributed by atoms with van der Waals surface area (Å²) in [7, 11) is -9.80. The number of esters is 3. The van der Waals surface area contributed by atoms with E-state index in [4.69, 9.17) is 32.3 Å². The molecule has 0 saturated carbocycles. The molecular weight excluding hydrogens is 1460 g/mol. The summed E-state index contributed by atoms with van der Waals surface area (Å²) in [5, 5.41) is 20.7. The molecule has 113 heavy (non-hydrogen) atoms. The first-order chi connectivity index (χ1) is 55.2. The molecule has 0 aromatic carbocycles. The van der Waals surface area contributed by atoms with Gasteiger partial charge < -0.3 is 34.2 Å². The molecule has 5 atom stereocenters. The molecule has 0 amide bonds. The van der Waals surface area contributed by atoms with Crippen molar-refractivity contribution < 1.29 is 75.8 Å². The van der Waals surface area contributed by atoms with Crippen LogP contribution >= 0.6 is 15.6 Å². The van der Waals surface area contributed by atoms with Crippen molar-refractivity contribution in [3.8, 4) is 0 Å². The van der Waals surface area contributed by atoms with Gasteiger partial charge in [0.15, 0.2) is 6.10 Å². The highest BCUT2D eigenvalue weighted by Gasteiger charge is 2.29. The van der Waals surface area contributed by atoms with Crippen molar-refractivity contribution in [2.45, 2.75) is 399 Å². The molecule has 18 heteroatoms. The van der Waals surface area contributed by atoms with Gasteiger partial charge in [0, 0.05) is 19.3 Å². The zero-order valence-corrected chi connectivity index (χ0v) is 73.3. The van der Waals surface area contributed by atoms with E-state index < -0.39 is 91.5 Å². The third-order valence-corrected chi connectivity index (χ3v) is 21.0. The van der Waals surface area contributed by atoms with Crippen LogP contribution in [0.1, 0.15) is 380 Å². The molecule has 650 valence electrons. The highest BCUT2D eigenvalue weighted by molar-refractivity contribution is 7.47. The topological polar surface area (TPSA) is 231 Å². The third kappa shape index (κ3) is 88.1. The third-order valence-electron chi connectivity index (χ3n) is 19.1. The van der Waals surface area contributed by atoms with Crippen molar-refractivity contribution in [3.05, 3.63) is 146 Å². The van der Waals surface area contributed by atoms with Crippen molar-refractivity contribution in [2.24, 2.45) is 0 Å². The molecule has 16 nitrogen and oxygen atoms in total. The normalized spacial score (nSPS) is 14.5. The minimum atomic E-state index is -4.94. The lowest BCUT2D eigenvalue weighted by Crippen LogP contribution is -2.30. The van der Waals surface area contributed by atoms with Crippen LogP contribution in [0, 0.1) is 0 Å². The number of carbonyl (C=O) groups is 3. The van der Waals surface area contributed by atoms with Gasteiger partial charge in [-0.2, -0.15) is 0 Å². The fourth-order valence-electron chi connectivity index (χ4n) is 12.3. The summed E-state index contributed by atoms with van der Waals surface area (Å²) < 4.78 is 61.4. The summed E-state index contributed by atoms with van der Waals surface area (Å²) in [6.07, 6.45) is 109. The molecule has 0 aliphatic heterocycles. The standard InChI is InChI=1S/C95H164O16P2/c1-4-7-10-13-16-19-22-25-28-30-32-34-36-38-40-42-44-46-48-50-52-54-56-58-61-63-66-69-72-75-78-81-93(98)105-84-90(96)85-107-112(101,102)108-86-91(97)87-109-113(103,104)110-89-92(111-95(100)83-80-77-74-71-68-65-60-27-24-21-18-15-12-9-6-3)88-106-94(99)82-79-76-73-70-67-64-62-59-57-55-53-51-49-47-45-43-41-39-37-35-33-31-29-26-23-20-17-14-11-8-5-2/h7-8,10-11,16-17,19-20,25-26,28-29,32-35,38-41,44-47,90-92,96-97H,4-6,9,12-15,18,21-24,27,30-31,36-37,42-43,48-89H2,1-3H3,(H,101,102)(H,103,104)/b10-7-,11-8-,19-16-,20-17-,28-25-,29-26-,34-32-,35-33-,40-38-,41-39-,46-44-,47-45-. The highest BCUT2D eigenvalue weighted by atomic mass is 31.2. The lowest BCUT2D eigenvalue weighted by molar-refractivity contribution is -0.161. The number of hydrogen-bond acceptors (Lipinski definition) is 14. The zero-order valence-electron chi connectivity index (χ0n) is 71.5. The molecule has 0 spiro atoms. The van der Waals surface area contributed by atoms with Gasteiger partial charge in [-0.15, -0.1) is 0 Å². The van der Waals surface area contributed by atoms with Gasteiger partial charge in [-0.25, -0.2) is 9.13 Å². The van der Waals surface area contributed by atoms with E-state index in [0.29, 0.717) is 19.3 Å². The number of allylic oxidation sites excluding steroid dienone is 24. The Morgan fingerprint density at radius 2 is 0.469 bits per heavy atom. The number of ether oxygens (including phenoxy) is 3. The molecule has 0 heterocycles. The molecule has 0 aromatic heterocycles. The average molecular weight is 1620 g/mol. The average Bonchev–Trinajstić information content (AvgIpc) is 0.903. The van der Waals surface area contributed by atoms with Crippen molar-refractivity contribution >= 4 is 33.6 Å². The van der Waals surface area contributed by atoms with Gasteiger partial charge >= 0.3 is 33.6 Å². The molecule has 0 aliphatic rings. The minimum Gasteiger partial charge on any atom is -0.463 e. The number of hydrogen-bond donors (Lipinski definition) is 4. The van der Waals surface area contributed by atoms with E-state index in [9.17, 15) is 43.5 Å². The maximum atomic E-state index is 13.0. The van der Waals surface area contributed by atoms with Crippen LogP contribution in [-0.2, 0) is 55.8 Å². The smallest absolute Gasteiger partial charge is 0.463 e. The summed E-state index contributed by atoms with van der Waals surface area (Å²) in [6, 6.07) is 0. The van der Waals surface area contributed by atoms with Gasteiger partial charge in [0.05, 0.1) is 26.4 Å². The summed E-state index contributed by atoms with van der Waals surface area (Å²) in [4.78, 5) is 58.9. The SMILES string of the molecule is CC/C=C\C/C=C\C/C=C\C/C=C\C/C=C\C/C=C\CCCCCCCCCCCCCCC(=O)OCC(O)COP(=O)(O)OCC(O)COP(=O)(O)OCC(COC(=O)CCCCCCCCCCCCCC/C=C\C/C=C\C/C=C\C/C=C\C/C=C\C/C=C\CC)OC(=O)CCCCCCCCCCCCCCCCC. The van der Waals surface area contributed by atoms with Crippen molar-refractivity contribution in [3.63, 3.8) is 0 Å². The molecule has 0 fully saturated rings. The van der Waals surface area contributed by atoms with Gasteiger partial charge in [0.1, 0.15) is 25.4 Å². The molecule has 5 unspecified atom stereocenters. The largest absolute Gasteiger partial charge is 0.472 e. The number of aliphatic hydroxyl groups excluding tert-OH is 2. The maximum absolute atomic E-state index is 13.0. The Kier molecular flexibility index (Phi) is 83.3. The number of rotatable bonds is 85. The van der Waals surface area contributed by atoms with E-state index in [1.54, 1.807) is 0 Å². The molecule has 0 aliphatic carbocycles. The fraction of sp³-hybridized carbons (Fsp3) is 0.716. The van der Waals surface area contributed by atoms with Crippen LogP contribution in [0.2, 0.25) is 0 Å². The van der Waals surface area contributed by atoms with Crippen LogP contribution in [0.15, 0.2) is 146 Å². The first-order valence-electron chi connectivity index (χ1n) is 45.1. The Hall–Kier alpha value is -4.57. The molecule has 4 N–H and O–H groups in total. The number of phosphoric ester groups is 2. The van der Waals surface area contributed by atoms with Crippen LogP contribution in [0.4, 0.5) is 0 Å². The number of unbranched alkanes of at least 4 members (excludes halogenated alkanes) is 38. The van der Waals surface area contributed by atoms with Crippen LogP contribution in [0.3, 0.4) is 0 Å². The monoisotopic (exact) mass is 1620 g/mol. The van der Waals surface area contributed by atoms with E-state index in [2.05, 4.69) is 167 Å². The Labute approximate surface area is 689 Å². The predicted molar refractivity (Wildman–Crippen MR) is 473 cm³/mol. The highest BCUT2D eigenvalue weighted by Crippen LogP contribution is 2.45. The zero-order chi connectivity index (χ0) is 82.2. The Morgan fingerprint density at radius 3 is 0.743 bits per heavy atom. The fourth-order valence-corrected chi connectivity index (χ4v) is 13.9. The summed E-state index contributed by atoms with van der Waals surface area (Å²) in [5.41, 5.74) is 0. The van der Waals surface area contributed by atoms with Crippen molar-refractivity contribution in [1.29, 1.82) is 0 Å². The first kappa shape index (κ1) is 108. The first-order valence-corrected chi connectivity index (χ1v) is 48.1. The summed E-state index contributed by atoms with van der Waals surface area (Å²) in [6.45, 7) is 2.51. The summed E-state index contributed by atoms with van der Waals surface area (Å²) >= 11 is 0. The van der Waals surface area contributed by atoms with E-state index in [0.717, 1.165) is 161 Å². The molecule has 0 bridgehead atoms. The van der Waals surface area contributed by atoms with Crippen LogP contribution in [-0.4, -0.2) is 95.9 Å². The minimum absolute atomic E-state index is 0.107. The van der Waals surface area contributed by atoms with E-state index >= 15 is 0 Å². The second kappa shape index (κ2) is 86.8. The van der Waals surface area contributed by atoms with Crippen LogP contribution in [0.5, 0.6) is 0 Å². The predicted octanol–water partition coefficient (Wildman–Crippen LogP) is 27.6. The number of carbonyl (C=O) groups excluding carboxylic acids is 3. The molecule has 0 radical (unpaired) electrons. The Balaban J connectivity index is 4.49. The molecule has 0 saturated heterocycles. The second-order valence-electron chi connectivity index (χ2n) is 30.0. The van der Waals surface area contributed by atoms with Gasteiger partial charge in [-0.05, 0) is 122 Å². The van der Waals surface area contributed by atoms with Crippen LogP contribution < -0.4 is 0 Å². The number of aliphatic hydroxyl groups is 2. The van der Waals surface area contributed by atoms with Gasteiger partial charge in [-0.1, -0.05) is 385 Å². The van der Waals surface area contributed by atoms with Crippen molar-refractivity contribution in [2.75, 3.05) is 39.6 Å². The lowest BCUT2D eigenvalue weighted by Gasteiger charge is -2.21. The van der Waals surface area contributed by atoms with Gasteiger partial charge in [-0.3, -0.25) is 32.5 Å². The Bertz CT molecular complexity index is 2630. The summed E-state index contributed by atoms with van der Waals surface area (Å²) in [5.74, 6) is -1.56. The second-order valence-corrected chi connectivity index (χ2v) is 32.9. The van der Waals surface area contributed by atoms with E-state index in [1.165, 1.54) is 161 Å². The maximum Gasteiger partial charge on any atom is 0.472 e.